The standard InChI is InChI=1S/C52H39N3/c1-52(2)48-21-11-10-20-46(48)47-31-30-44(34-49(47)52)55(41-17-4-3-5-18-41)51-32-26-40(35-53-51)37-23-27-42(28-24-37)54(43-29-25-36-13-6-7-15-39(36)33-43)50-22-12-16-38-14-8-9-19-45(38)50/h3-35H,1-2H3. The van der Waals surface area contributed by atoms with Crippen LogP contribution in [0, 0.1) is 0 Å². The molecule has 1 aromatic heterocycles. The fraction of sp³-hybridized carbons (Fsp3) is 0.0577. The lowest BCUT2D eigenvalue weighted by atomic mass is 9.82. The normalized spacial score (nSPS) is 12.7. The summed E-state index contributed by atoms with van der Waals surface area (Å²) in [4.78, 5) is 9.74. The van der Waals surface area contributed by atoms with Crippen LogP contribution < -0.4 is 9.80 Å². The summed E-state index contributed by atoms with van der Waals surface area (Å²) in [6.07, 6.45) is 2.00. The first-order valence-electron chi connectivity index (χ1n) is 19.0. The first kappa shape index (κ1) is 32.7. The van der Waals surface area contributed by atoms with Crippen molar-refractivity contribution in [2.45, 2.75) is 19.3 Å². The fourth-order valence-corrected chi connectivity index (χ4v) is 8.46. The fourth-order valence-electron chi connectivity index (χ4n) is 8.46. The van der Waals surface area contributed by atoms with E-state index in [9.17, 15) is 0 Å². The Morgan fingerprint density at radius 2 is 1.02 bits per heavy atom. The molecule has 1 heterocycles. The Morgan fingerprint density at radius 1 is 0.400 bits per heavy atom. The van der Waals surface area contributed by atoms with Gasteiger partial charge in [-0.25, -0.2) is 4.98 Å². The van der Waals surface area contributed by atoms with Crippen molar-refractivity contribution in [2.75, 3.05) is 9.80 Å². The molecule has 8 aromatic carbocycles. The van der Waals surface area contributed by atoms with E-state index in [4.69, 9.17) is 4.98 Å². The van der Waals surface area contributed by atoms with Gasteiger partial charge in [0.1, 0.15) is 5.82 Å². The van der Waals surface area contributed by atoms with Crippen molar-refractivity contribution in [1.29, 1.82) is 0 Å². The van der Waals surface area contributed by atoms with Crippen LogP contribution in [0.3, 0.4) is 0 Å². The highest BCUT2D eigenvalue weighted by Gasteiger charge is 2.35. The first-order chi connectivity index (χ1) is 27.0. The zero-order valence-corrected chi connectivity index (χ0v) is 30.9. The number of hydrogen-bond donors (Lipinski definition) is 0. The summed E-state index contributed by atoms with van der Waals surface area (Å²) in [6.45, 7) is 4.66. The van der Waals surface area contributed by atoms with Crippen molar-refractivity contribution in [3.05, 3.63) is 211 Å². The van der Waals surface area contributed by atoms with E-state index < -0.39 is 0 Å². The second-order valence-corrected chi connectivity index (χ2v) is 14.9. The molecule has 0 atom stereocenters. The minimum Gasteiger partial charge on any atom is -0.310 e. The van der Waals surface area contributed by atoms with Crippen LogP contribution in [0.25, 0.3) is 43.8 Å². The molecule has 0 saturated carbocycles. The average Bonchev–Trinajstić information content (AvgIpc) is 3.47. The van der Waals surface area contributed by atoms with Gasteiger partial charge in [0.15, 0.2) is 0 Å². The van der Waals surface area contributed by atoms with Gasteiger partial charge in [-0.3, -0.25) is 4.90 Å². The van der Waals surface area contributed by atoms with E-state index in [1.165, 1.54) is 43.8 Å². The molecule has 0 N–H and O–H groups in total. The molecule has 55 heavy (non-hydrogen) atoms. The second kappa shape index (κ2) is 13.2. The first-order valence-corrected chi connectivity index (χ1v) is 19.0. The Hall–Kier alpha value is -6.97. The Balaban J connectivity index is 1.01. The van der Waals surface area contributed by atoms with Gasteiger partial charge < -0.3 is 4.90 Å². The monoisotopic (exact) mass is 705 g/mol. The van der Waals surface area contributed by atoms with Crippen LogP contribution in [0.5, 0.6) is 0 Å². The quantitative estimate of drug-likeness (QED) is 0.165. The van der Waals surface area contributed by atoms with Crippen LogP contribution in [0.4, 0.5) is 34.3 Å². The average molecular weight is 706 g/mol. The van der Waals surface area contributed by atoms with Crippen molar-refractivity contribution in [2.24, 2.45) is 0 Å². The lowest BCUT2D eigenvalue weighted by Gasteiger charge is -2.27. The molecule has 0 fully saturated rings. The van der Waals surface area contributed by atoms with E-state index in [0.717, 1.165) is 45.4 Å². The number of benzene rings is 8. The molecule has 0 aliphatic heterocycles. The molecular weight excluding hydrogens is 667 g/mol. The van der Waals surface area contributed by atoms with Crippen LogP contribution in [0.15, 0.2) is 200 Å². The third-order valence-electron chi connectivity index (χ3n) is 11.3. The minimum absolute atomic E-state index is 0.0920. The number of rotatable bonds is 7. The van der Waals surface area contributed by atoms with Gasteiger partial charge in [0.05, 0.1) is 5.69 Å². The number of hydrogen-bond acceptors (Lipinski definition) is 3. The van der Waals surface area contributed by atoms with E-state index in [1.54, 1.807) is 0 Å². The molecule has 0 saturated heterocycles. The third kappa shape index (κ3) is 5.64. The predicted molar refractivity (Wildman–Crippen MR) is 232 cm³/mol. The SMILES string of the molecule is CC1(C)c2ccccc2-c2ccc(N(c3ccccc3)c3ccc(-c4ccc(N(c5ccc6ccccc6c5)c5cccc6ccccc56)cc4)cn3)cc21. The number of fused-ring (bicyclic) bond motifs is 5. The molecule has 9 aromatic rings. The van der Waals surface area contributed by atoms with Crippen molar-refractivity contribution in [1.82, 2.24) is 4.98 Å². The summed E-state index contributed by atoms with van der Waals surface area (Å²) in [7, 11) is 0. The number of para-hydroxylation sites is 1. The number of nitrogens with zero attached hydrogens (tertiary/aromatic N) is 3. The number of anilines is 6. The van der Waals surface area contributed by atoms with Gasteiger partial charge in [-0.15, -0.1) is 0 Å². The highest BCUT2D eigenvalue weighted by atomic mass is 15.2. The molecule has 0 unspecified atom stereocenters. The summed E-state index contributed by atoms with van der Waals surface area (Å²) >= 11 is 0. The van der Waals surface area contributed by atoms with Gasteiger partial charge in [-0.05, 0) is 111 Å². The summed E-state index contributed by atoms with van der Waals surface area (Å²) in [5.74, 6) is 0.873. The lowest BCUT2D eigenvalue weighted by Crippen LogP contribution is -2.17. The second-order valence-electron chi connectivity index (χ2n) is 14.9. The maximum atomic E-state index is 5.11. The van der Waals surface area contributed by atoms with Gasteiger partial charge in [-0.2, -0.15) is 0 Å². The lowest BCUT2D eigenvalue weighted by molar-refractivity contribution is 0.660. The molecule has 3 heteroatoms. The van der Waals surface area contributed by atoms with Crippen LogP contribution >= 0.6 is 0 Å². The zero-order chi connectivity index (χ0) is 36.9. The molecule has 0 bridgehead atoms. The molecule has 10 rings (SSSR count). The Bertz CT molecular complexity index is 2830. The molecule has 1 aliphatic carbocycles. The summed E-state index contributed by atoms with van der Waals surface area (Å²) in [6, 6.07) is 69.8. The maximum absolute atomic E-state index is 5.11. The largest absolute Gasteiger partial charge is 0.310 e. The molecule has 0 spiro atoms. The van der Waals surface area contributed by atoms with Crippen molar-refractivity contribution in [3.8, 4) is 22.3 Å². The van der Waals surface area contributed by atoms with Crippen molar-refractivity contribution >= 4 is 55.8 Å². The van der Waals surface area contributed by atoms with E-state index in [0.29, 0.717) is 0 Å². The molecule has 0 amide bonds. The van der Waals surface area contributed by atoms with Gasteiger partial charge in [0.2, 0.25) is 0 Å². The summed E-state index contributed by atoms with van der Waals surface area (Å²) < 4.78 is 0. The van der Waals surface area contributed by atoms with E-state index in [1.807, 2.05) is 6.20 Å². The van der Waals surface area contributed by atoms with Crippen LogP contribution in [-0.2, 0) is 5.41 Å². The topological polar surface area (TPSA) is 19.4 Å². The van der Waals surface area contributed by atoms with Crippen molar-refractivity contribution in [3.63, 3.8) is 0 Å². The molecule has 3 nitrogen and oxygen atoms in total. The van der Waals surface area contributed by atoms with Gasteiger partial charge in [0, 0.05) is 45.3 Å². The minimum atomic E-state index is -0.0920. The number of pyridine rings is 1. The van der Waals surface area contributed by atoms with Crippen LogP contribution in [0.1, 0.15) is 25.0 Å². The Labute approximate surface area is 322 Å². The number of aromatic nitrogens is 1. The smallest absolute Gasteiger partial charge is 0.137 e. The van der Waals surface area contributed by atoms with E-state index in [2.05, 4.69) is 218 Å². The van der Waals surface area contributed by atoms with E-state index in [-0.39, 0.29) is 5.41 Å². The van der Waals surface area contributed by atoms with Crippen LogP contribution in [0.2, 0.25) is 0 Å². The maximum Gasteiger partial charge on any atom is 0.137 e. The van der Waals surface area contributed by atoms with E-state index >= 15 is 0 Å². The molecule has 0 radical (unpaired) electrons. The molecule has 262 valence electrons. The predicted octanol–water partition coefficient (Wildman–Crippen LogP) is 14.3. The zero-order valence-electron chi connectivity index (χ0n) is 30.9. The van der Waals surface area contributed by atoms with Crippen molar-refractivity contribution < 1.29 is 0 Å². The highest BCUT2D eigenvalue weighted by molar-refractivity contribution is 6.00. The highest BCUT2D eigenvalue weighted by Crippen LogP contribution is 2.50. The Morgan fingerprint density at radius 3 is 1.84 bits per heavy atom. The molecule has 1 aliphatic rings. The summed E-state index contributed by atoms with van der Waals surface area (Å²) in [5.41, 5.74) is 13.0. The third-order valence-corrected chi connectivity index (χ3v) is 11.3. The van der Waals surface area contributed by atoms with Gasteiger partial charge in [-0.1, -0.05) is 141 Å². The Kier molecular flexibility index (Phi) is 7.81. The van der Waals surface area contributed by atoms with Crippen LogP contribution in [-0.4, -0.2) is 4.98 Å². The molecular formula is C52H39N3. The summed E-state index contributed by atoms with van der Waals surface area (Å²) in [5, 5.41) is 4.87. The van der Waals surface area contributed by atoms with Gasteiger partial charge in [0.25, 0.3) is 0 Å². The van der Waals surface area contributed by atoms with Gasteiger partial charge >= 0.3 is 0 Å².